The van der Waals surface area contributed by atoms with Crippen LogP contribution in [0.2, 0.25) is 5.15 Å². The lowest BCUT2D eigenvalue weighted by Gasteiger charge is -2.07. The first-order valence-electron chi connectivity index (χ1n) is 8.40. The minimum atomic E-state index is -0.404. The third-order valence-corrected chi connectivity index (χ3v) is 4.23. The molecule has 0 aliphatic rings. The van der Waals surface area contributed by atoms with Gasteiger partial charge in [0.25, 0.3) is 5.91 Å². The Morgan fingerprint density at radius 3 is 2.41 bits per heavy atom. The number of esters is 1. The Kier molecular flexibility index (Phi) is 5.57. The van der Waals surface area contributed by atoms with Gasteiger partial charge in [-0.2, -0.15) is 5.10 Å². The Morgan fingerprint density at radius 2 is 1.78 bits per heavy atom. The number of amides is 1. The van der Waals surface area contributed by atoms with Crippen molar-refractivity contribution in [2.75, 3.05) is 11.9 Å². The smallest absolute Gasteiger partial charge is 0.338 e. The van der Waals surface area contributed by atoms with Gasteiger partial charge in [0.05, 0.1) is 23.6 Å². The standard InChI is InChI=1S/C20H18ClN3O3/c1-3-27-20(26)14-9-11-15(12-10-14)22-19(25)17-13(2)23-24(18(17)21)16-7-5-4-6-8-16/h4-12H,3H2,1-2H3,(H,22,25). The fourth-order valence-corrected chi connectivity index (χ4v) is 2.95. The molecule has 0 unspecified atom stereocenters. The number of carbonyl (C=O) groups is 2. The van der Waals surface area contributed by atoms with Gasteiger partial charge in [-0.15, -0.1) is 0 Å². The van der Waals surface area contributed by atoms with E-state index in [-0.39, 0.29) is 11.1 Å². The summed E-state index contributed by atoms with van der Waals surface area (Å²) in [6.07, 6.45) is 0. The zero-order valence-electron chi connectivity index (χ0n) is 14.9. The van der Waals surface area contributed by atoms with Crippen molar-refractivity contribution in [2.45, 2.75) is 13.8 Å². The molecule has 3 rings (SSSR count). The maximum Gasteiger partial charge on any atom is 0.338 e. The Bertz CT molecular complexity index is 966. The van der Waals surface area contributed by atoms with Gasteiger partial charge in [-0.1, -0.05) is 29.8 Å². The number of para-hydroxylation sites is 1. The van der Waals surface area contributed by atoms with Crippen LogP contribution >= 0.6 is 11.6 Å². The molecule has 0 bridgehead atoms. The quantitative estimate of drug-likeness (QED) is 0.668. The number of ether oxygens (including phenoxy) is 1. The normalized spacial score (nSPS) is 10.5. The highest BCUT2D eigenvalue weighted by atomic mass is 35.5. The number of carbonyl (C=O) groups excluding carboxylic acids is 2. The topological polar surface area (TPSA) is 73.2 Å². The first kappa shape index (κ1) is 18.7. The summed E-state index contributed by atoms with van der Waals surface area (Å²) in [6, 6.07) is 15.8. The fourth-order valence-electron chi connectivity index (χ4n) is 2.60. The van der Waals surface area contributed by atoms with E-state index in [1.54, 1.807) is 38.1 Å². The number of benzene rings is 2. The molecule has 0 aliphatic heterocycles. The molecule has 6 nitrogen and oxygen atoms in total. The lowest BCUT2D eigenvalue weighted by molar-refractivity contribution is 0.0526. The third kappa shape index (κ3) is 4.01. The predicted octanol–water partition coefficient (Wildman–Crippen LogP) is 4.26. The van der Waals surface area contributed by atoms with Crippen LogP contribution in [0, 0.1) is 6.92 Å². The van der Waals surface area contributed by atoms with E-state index in [1.807, 2.05) is 30.3 Å². The van der Waals surface area contributed by atoms with Crippen molar-refractivity contribution in [1.29, 1.82) is 0 Å². The van der Waals surface area contributed by atoms with Crippen LogP contribution in [-0.4, -0.2) is 28.3 Å². The fraction of sp³-hybridized carbons (Fsp3) is 0.150. The molecule has 0 atom stereocenters. The van der Waals surface area contributed by atoms with Gasteiger partial charge >= 0.3 is 5.97 Å². The van der Waals surface area contributed by atoms with Crippen molar-refractivity contribution in [3.05, 3.63) is 76.6 Å². The molecular formula is C20H18ClN3O3. The number of aryl methyl sites for hydroxylation is 1. The number of hydrogen-bond donors (Lipinski definition) is 1. The lowest BCUT2D eigenvalue weighted by Crippen LogP contribution is -2.13. The van der Waals surface area contributed by atoms with Crippen molar-refractivity contribution in [2.24, 2.45) is 0 Å². The highest BCUT2D eigenvalue weighted by Crippen LogP contribution is 2.24. The predicted molar refractivity (Wildman–Crippen MR) is 104 cm³/mol. The van der Waals surface area contributed by atoms with E-state index >= 15 is 0 Å². The molecule has 2 aromatic carbocycles. The van der Waals surface area contributed by atoms with E-state index < -0.39 is 5.97 Å². The molecule has 0 fully saturated rings. The van der Waals surface area contributed by atoms with Gasteiger partial charge in [-0.3, -0.25) is 4.79 Å². The average molecular weight is 384 g/mol. The van der Waals surface area contributed by atoms with Crippen LogP contribution in [0.3, 0.4) is 0 Å². The maximum absolute atomic E-state index is 12.7. The Morgan fingerprint density at radius 1 is 1.11 bits per heavy atom. The monoisotopic (exact) mass is 383 g/mol. The van der Waals surface area contributed by atoms with Gasteiger partial charge < -0.3 is 10.1 Å². The molecule has 138 valence electrons. The number of nitrogens with one attached hydrogen (secondary N) is 1. The van der Waals surface area contributed by atoms with E-state index in [4.69, 9.17) is 16.3 Å². The second kappa shape index (κ2) is 8.05. The largest absolute Gasteiger partial charge is 0.462 e. The summed E-state index contributed by atoms with van der Waals surface area (Å²) in [5.74, 6) is -0.776. The molecule has 1 aromatic heterocycles. The summed E-state index contributed by atoms with van der Waals surface area (Å²) in [7, 11) is 0. The average Bonchev–Trinajstić information content (AvgIpc) is 2.97. The van der Waals surface area contributed by atoms with E-state index in [0.717, 1.165) is 5.69 Å². The molecule has 0 aliphatic carbocycles. The van der Waals surface area contributed by atoms with Crippen LogP contribution in [0.1, 0.15) is 33.3 Å². The van der Waals surface area contributed by atoms with Crippen LogP contribution in [0.4, 0.5) is 5.69 Å². The molecular weight excluding hydrogens is 366 g/mol. The van der Waals surface area contributed by atoms with Gasteiger partial charge in [0.15, 0.2) is 0 Å². The van der Waals surface area contributed by atoms with Crippen molar-refractivity contribution in [3.63, 3.8) is 0 Å². The summed E-state index contributed by atoms with van der Waals surface area (Å²) in [6.45, 7) is 3.78. The molecule has 1 amide bonds. The van der Waals surface area contributed by atoms with Gasteiger partial charge in [-0.25, -0.2) is 9.48 Å². The zero-order chi connectivity index (χ0) is 19.4. The highest BCUT2D eigenvalue weighted by molar-refractivity contribution is 6.34. The van der Waals surface area contributed by atoms with Crippen LogP contribution in [0.15, 0.2) is 54.6 Å². The van der Waals surface area contributed by atoms with Gasteiger partial charge in [0, 0.05) is 5.69 Å². The zero-order valence-corrected chi connectivity index (χ0v) is 15.7. The van der Waals surface area contributed by atoms with E-state index in [0.29, 0.717) is 29.1 Å². The summed E-state index contributed by atoms with van der Waals surface area (Å²) < 4.78 is 6.46. The number of nitrogens with zero attached hydrogens (tertiary/aromatic N) is 2. The number of aromatic nitrogens is 2. The van der Waals surface area contributed by atoms with Crippen molar-refractivity contribution in [3.8, 4) is 5.69 Å². The minimum Gasteiger partial charge on any atom is -0.462 e. The Hall–Kier alpha value is -3.12. The number of anilines is 1. The number of hydrogen-bond acceptors (Lipinski definition) is 4. The van der Waals surface area contributed by atoms with Crippen LogP contribution < -0.4 is 5.32 Å². The second-order valence-electron chi connectivity index (χ2n) is 5.75. The Balaban J connectivity index is 1.81. The number of rotatable bonds is 5. The molecule has 0 radical (unpaired) electrons. The van der Waals surface area contributed by atoms with Crippen molar-refractivity contribution >= 4 is 29.2 Å². The van der Waals surface area contributed by atoms with E-state index in [1.165, 1.54) is 4.68 Å². The molecule has 1 N–H and O–H groups in total. The molecule has 7 heteroatoms. The number of halogens is 1. The molecule has 1 heterocycles. The van der Waals surface area contributed by atoms with E-state index in [2.05, 4.69) is 10.4 Å². The van der Waals surface area contributed by atoms with Crippen LogP contribution in [0.5, 0.6) is 0 Å². The Labute approximate surface area is 161 Å². The van der Waals surface area contributed by atoms with Crippen LogP contribution in [-0.2, 0) is 4.74 Å². The highest BCUT2D eigenvalue weighted by Gasteiger charge is 2.21. The molecule has 0 saturated heterocycles. The van der Waals surface area contributed by atoms with Crippen LogP contribution in [0.25, 0.3) is 5.69 Å². The maximum atomic E-state index is 12.7. The summed E-state index contributed by atoms with van der Waals surface area (Å²) in [5.41, 5.74) is 2.54. The van der Waals surface area contributed by atoms with Gasteiger partial charge in [-0.05, 0) is 50.2 Å². The first-order valence-corrected chi connectivity index (χ1v) is 8.78. The third-order valence-electron chi connectivity index (χ3n) is 3.89. The van der Waals surface area contributed by atoms with Crippen molar-refractivity contribution < 1.29 is 14.3 Å². The second-order valence-corrected chi connectivity index (χ2v) is 6.11. The summed E-state index contributed by atoms with van der Waals surface area (Å²) >= 11 is 6.41. The molecule has 0 spiro atoms. The molecule has 27 heavy (non-hydrogen) atoms. The molecule has 0 saturated carbocycles. The van der Waals surface area contributed by atoms with Gasteiger partial charge in [0.1, 0.15) is 10.7 Å². The minimum absolute atomic E-state index is 0.236. The van der Waals surface area contributed by atoms with Gasteiger partial charge in [0.2, 0.25) is 0 Å². The first-order chi connectivity index (χ1) is 13.0. The van der Waals surface area contributed by atoms with E-state index in [9.17, 15) is 9.59 Å². The van der Waals surface area contributed by atoms with Crippen molar-refractivity contribution in [1.82, 2.24) is 9.78 Å². The molecule has 3 aromatic rings. The lowest BCUT2D eigenvalue weighted by atomic mass is 10.2. The summed E-state index contributed by atoms with van der Waals surface area (Å²) in [4.78, 5) is 24.4. The SMILES string of the molecule is CCOC(=O)c1ccc(NC(=O)c2c(C)nn(-c3ccccc3)c2Cl)cc1. The summed E-state index contributed by atoms with van der Waals surface area (Å²) in [5, 5.41) is 7.37.